The summed E-state index contributed by atoms with van der Waals surface area (Å²) in [6.07, 6.45) is 2.68. The topological polar surface area (TPSA) is 72.8 Å². The fourth-order valence-corrected chi connectivity index (χ4v) is 3.52. The largest absolute Gasteiger partial charge is 0.497 e. The number of aromatic nitrogens is 1. The van der Waals surface area contributed by atoms with Crippen LogP contribution >= 0.6 is 0 Å². The normalized spacial score (nSPS) is 16.1. The van der Waals surface area contributed by atoms with E-state index in [2.05, 4.69) is 10.2 Å². The van der Waals surface area contributed by atoms with Gasteiger partial charge in [-0.3, -0.25) is 9.59 Å². The van der Waals surface area contributed by atoms with Crippen molar-refractivity contribution in [1.29, 1.82) is 0 Å². The van der Waals surface area contributed by atoms with Gasteiger partial charge in [-0.15, -0.1) is 0 Å². The van der Waals surface area contributed by atoms with Crippen LogP contribution in [0.2, 0.25) is 0 Å². The first-order chi connectivity index (χ1) is 13.4. The first kappa shape index (κ1) is 19.8. The predicted molar refractivity (Wildman–Crippen MR) is 108 cm³/mol. The Morgan fingerprint density at radius 3 is 2.39 bits per heavy atom. The maximum absolute atomic E-state index is 12.5. The molecule has 1 amide bonds. The third-order valence-corrected chi connectivity index (χ3v) is 5.18. The summed E-state index contributed by atoms with van der Waals surface area (Å²) in [4.78, 5) is 26.3. The number of anilines is 1. The molecule has 1 fully saturated rings. The summed E-state index contributed by atoms with van der Waals surface area (Å²) in [6, 6.07) is 7.49. The molecule has 0 spiro atoms. The second kappa shape index (κ2) is 8.37. The van der Waals surface area contributed by atoms with Gasteiger partial charge in [0.1, 0.15) is 17.2 Å². The summed E-state index contributed by atoms with van der Waals surface area (Å²) < 4.78 is 12.4. The van der Waals surface area contributed by atoms with E-state index in [1.807, 2.05) is 18.2 Å². The number of methoxy groups -OCH3 is 2. The van der Waals surface area contributed by atoms with Gasteiger partial charge in [0.2, 0.25) is 0 Å². The van der Waals surface area contributed by atoms with Gasteiger partial charge in [0.15, 0.2) is 5.78 Å². The number of nitrogens with one attached hydrogen (secondary N) is 1. The van der Waals surface area contributed by atoms with Crippen molar-refractivity contribution in [2.75, 3.05) is 38.8 Å². The van der Waals surface area contributed by atoms with E-state index in [1.54, 1.807) is 38.1 Å². The van der Waals surface area contributed by atoms with Crippen LogP contribution < -0.4 is 19.7 Å². The molecule has 1 aliphatic rings. The van der Waals surface area contributed by atoms with Crippen LogP contribution in [-0.2, 0) is 7.05 Å². The van der Waals surface area contributed by atoms with Crippen LogP contribution in [0.1, 0.15) is 34.2 Å². The van der Waals surface area contributed by atoms with Gasteiger partial charge < -0.3 is 24.3 Å². The summed E-state index contributed by atoms with van der Waals surface area (Å²) in [7, 11) is 5.05. The molecule has 0 bridgehead atoms. The van der Waals surface area contributed by atoms with Gasteiger partial charge in [-0.25, -0.2) is 0 Å². The Hall–Kier alpha value is -2.96. The van der Waals surface area contributed by atoms with Gasteiger partial charge in [-0.05, 0) is 25.3 Å². The zero-order valence-electron chi connectivity index (χ0n) is 16.8. The highest BCUT2D eigenvalue weighted by Crippen LogP contribution is 2.31. The summed E-state index contributed by atoms with van der Waals surface area (Å²) >= 11 is 0. The molecule has 150 valence electrons. The Kier molecular flexibility index (Phi) is 5.92. The van der Waals surface area contributed by atoms with Crippen molar-refractivity contribution in [1.82, 2.24) is 9.88 Å². The van der Waals surface area contributed by atoms with Crippen molar-refractivity contribution < 1.29 is 19.1 Å². The highest BCUT2D eigenvalue weighted by atomic mass is 16.5. The standard InChI is InChI=1S/C21H27N3O4/c1-14(25)16-7-20(23(2)13-16)21(26)22-11-15-5-6-24(12-15)17-8-18(27-3)10-19(9-17)28-4/h7-10,13,15H,5-6,11-12H2,1-4H3,(H,22,26). The maximum atomic E-state index is 12.5. The number of carbonyl (C=O) groups is 2. The lowest BCUT2D eigenvalue weighted by Crippen LogP contribution is -2.32. The molecule has 0 saturated carbocycles. The third-order valence-electron chi connectivity index (χ3n) is 5.18. The van der Waals surface area contributed by atoms with Crippen molar-refractivity contribution >= 4 is 17.4 Å². The van der Waals surface area contributed by atoms with E-state index >= 15 is 0 Å². The lowest BCUT2D eigenvalue weighted by molar-refractivity contribution is 0.0940. The summed E-state index contributed by atoms with van der Waals surface area (Å²) in [6.45, 7) is 3.85. The number of rotatable bonds is 7. The molecule has 0 radical (unpaired) electrons. The van der Waals surface area contributed by atoms with Crippen molar-refractivity contribution in [3.8, 4) is 11.5 Å². The molecule has 1 aromatic carbocycles. The Bertz CT molecular complexity index is 852. The van der Waals surface area contributed by atoms with E-state index in [0.29, 0.717) is 23.7 Å². The zero-order chi connectivity index (χ0) is 20.3. The van der Waals surface area contributed by atoms with E-state index in [9.17, 15) is 9.59 Å². The average Bonchev–Trinajstić information content (AvgIpc) is 3.32. The van der Waals surface area contributed by atoms with Gasteiger partial charge in [-0.1, -0.05) is 0 Å². The molecule has 7 nitrogen and oxygen atoms in total. The van der Waals surface area contributed by atoms with Crippen LogP contribution in [-0.4, -0.2) is 50.1 Å². The number of benzene rings is 1. The van der Waals surface area contributed by atoms with Crippen molar-refractivity contribution in [2.24, 2.45) is 13.0 Å². The smallest absolute Gasteiger partial charge is 0.267 e. The van der Waals surface area contributed by atoms with E-state index in [-0.39, 0.29) is 11.7 Å². The van der Waals surface area contributed by atoms with E-state index in [4.69, 9.17) is 9.47 Å². The Morgan fingerprint density at radius 1 is 1.14 bits per heavy atom. The lowest BCUT2D eigenvalue weighted by Gasteiger charge is -2.20. The molecule has 2 heterocycles. The number of aryl methyl sites for hydroxylation is 1. The van der Waals surface area contributed by atoms with Crippen LogP contribution in [0.5, 0.6) is 11.5 Å². The minimum atomic E-state index is -0.156. The zero-order valence-corrected chi connectivity index (χ0v) is 16.8. The molecule has 28 heavy (non-hydrogen) atoms. The van der Waals surface area contributed by atoms with E-state index in [0.717, 1.165) is 36.7 Å². The summed E-state index contributed by atoms with van der Waals surface area (Å²) in [5.41, 5.74) is 2.10. The second-order valence-electron chi connectivity index (χ2n) is 7.16. The SMILES string of the molecule is COc1cc(OC)cc(N2CCC(CNC(=O)c3cc(C(C)=O)cn3C)C2)c1. The fraction of sp³-hybridized carbons (Fsp3) is 0.429. The molecule has 1 unspecified atom stereocenters. The molecule has 3 rings (SSSR count). The number of ketones is 1. The lowest BCUT2D eigenvalue weighted by atomic mass is 10.1. The number of carbonyl (C=O) groups excluding carboxylic acids is 2. The quantitative estimate of drug-likeness (QED) is 0.742. The molecule has 0 aliphatic carbocycles. The number of ether oxygens (including phenoxy) is 2. The van der Waals surface area contributed by atoms with Crippen molar-refractivity contribution in [3.63, 3.8) is 0 Å². The van der Waals surface area contributed by atoms with Gasteiger partial charge in [-0.2, -0.15) is 0 Å². The summed E-state index contributed by atoms with van der Waals surface area (Å²) in [5, 5.41) is 3.00. The van der Waals surface area contributed by atoms with Gasteiger partial charge >= 0.3 is 0 Å². The number of hydrogen-bond donors (Lipinski definition) is 1. The molecular formula is C21H27N3O4. The molecule has 1 saturated heterocycles. The van der Waals surface area contributed by atoms with Gasteiger partial charge in [0.25, 0.3) is 5.91 Å². The molecular weight excluding hydrogens is 358 g/mol. The van der Waals surface area contributed by atoms with Gasteiger partial charge in [0.05, 0.1) is 14.2 Å². The highest BCUT2D eigenvalue weighted by Gasteiger charge is 2.24. The predicted octanol–water partition coefficient (Wildman–Crippen LogP) is 2.50. The molecule has 1 aliphatic heterocycles. The van der Waals surface area contributed by atoms with Crippen LogP contribution in [0.3, 0.4) is 0 Å². The molecule has 2 aromatic rings. The number of Topliss-reactive ketones (excluding diaryl/α,β-unsaturated/α-hetero) is 1. The van der Waals surface area contributed by atoms with Crippen molar-refractivity contribution in [2.45, 2.75) is 13.3 Å². The average molecular weight is 385 g/mol. The Morgan fingerprint density at radius 2 is 1.82 bits per heavy atom. The van der Waals surface area contributed by atoms with Crippen LogP contribution in [0.25, 0.3) is 0 Å². The minimum absolute atomic E-state index is 0.0465. The van der Waals surface area contributed by atoms with Crippen LogP contribution in [0, 0.1) is 5.92 Å². The maximum Gasteiger partial charge on any atom is 0.267 e. The fourth-order valence-electron chi connectivity index (χ4n) is 3.52. The van der Waals surface area contributed by atoms with Crippen LogP contribution in [0.15, 0.2) is 30.5 Å². The third kappa shape index (κ3) is 4.30. The summed E-state index contributed by atoms with van der Waals surface area (Å²) in [5.74, 6) is 1.67. The molecule has 1 atom stereocenters. The van der Waals surface area contributed by atoms with Crippen molar-refractivity contribution in [3.05, 3.63) is 41.7 Å². The first-order valence-electron chi connectivity index (χ1n) is 9.34. The molecule has 7 heteroatoms. The van der Waals surface area contributed by atoms with E-state index in [1.165, 1.54) is 6.92 Å². The number of amides is 1. The Labute approximate surface area is 165 Å². The highest BCUT2D eigenvalue weighted by molar-refractivity contribution is 5.99. The molecule has 1 aromatic heterocycles. The molecule has 1 N–H and O–H groups in total. The van der Waals surface area contributed by atoms with Gasteiger partial charge in [0, 0.05) is 62.3 Å². The van der Waals surface area contributed by atoms with Crippen LogP contribution in [0.4, 0.5) is 5.69 Å². The number of hydrogen-bond acceptors (Lipinski definition) is 5. The van der Waals surface area contributed by atoms with E-state index < -0.39 is 0 Å². The Balaban J connectivity index is 1.59. The number of nitrogens with zero attached hydrogens (tertiary/aromatic N) is 2. The minimum Gasteiger partial charge on any atom is -0.497 e. The monoisotopic (exact) mass is 385 g/mol. The first-order valence-corrected chi connectivity index (χ1v) is 9.34. The second-order valence-corrected chi connectivity index (χ2v) is 7.16.